The molecule has 0 aliphatic carbocycles. The summed E-state index contributed by atoms with van der Waals surface area (Å²) in [5.41, 5.74) is 4.78. The van der Waals surface area contributed by atoms with E-state index < -0.39 is 23.5 Å². The third-order valence-corrected chi connectivity index (χ3v) is 3.39. The van der Waals surface area contributed by atoms with Crippen LogP contribution in [0.5, 0.6) is 11.6 Å². The average molecular weight is 338 g/mol. The third-order valence-electron chi connectivity index (χ3n) is 3.39. The Balaban J connectivity index is 2.55. The molecule has 9 heteroatoms. The van der Waals surface area contributed by atoms with Gasteiger partial charge >= 0.3 is 12.2 Å². The molecule has 126 valence electrons. The monoisotopic (exact) mass is 338 g/mol. The lowest BCUT2D eigenvalue weighted by molar-refractivity contribution is -0.138. The normalized spacial score (nSPS) is 11.2. The second-order valence-corrected chi connectivity index (χ2v) is 4.90. The fraction of sp³-hybridized carbons (Fsp3) is 0.267. The van der Waals surface area contributed by atoms with Gasteiger partial charge in [-0.2, -0.15) is 23.1 Å². The number of carbonyl (C=O) groups is 1. The minimum Gasteiger partial charge on any atom is -0.437 e. The zero-order valence-corrected chi connectivity index (χ0v) is 12.8. The van der Waals surface area contributed by atoms with Gasteiger partial charge in [0.2, 0.25) is 5.88 Å². The standard InChI is InChI=1S/C15H13F3N4O2/c1-3-10-8(2)22(14(20)23)21-13(10)24-12-5-4-9(7-19)6-11(12)15(16,17)18/h4-6H,3H2,1-2H3,(H2,20,23). The van der Waals surface area contributed by atoms with Crippen LogP contribution in [0.15, 0.2) is 18.2 Å². The van der Waals surface area contributed by atoms with Crippen LogP contribution < -0.4 is 10.5 Å². The number of carbonyl (C=O) groups excluding carboxylic acids is 1. The number of rotatable bonds is 3. The number of alkyl halides is 3. The minimum absolute atomic E-state index is 0.135. The first-order chi connectivity index (χ1) is 11.2. The van der Waals surface area contributed by atoms with Gasteiger partial charge in [0, 0.05) is 5.56 Å². The van der Waals surface area contributed by atoms with Crippen molar-refractivity contribution < 1.29 is 22.7 Å². The Kier molecular flexibility index (Phi) is 4.50. The van der Waals surface area contributed by atoms with Crippen molar-refractivity contribution in [2.45, 2.75) is 26.4 Å². The lowest BCUT2D eigenvalue weighted by Crippen LogP contribution is -2.22. The van der Waals surface area contributed by atoms with E-state index in [4.69, 9.17) is 15.7 Å². The molecule has 0 aliphatic rings. The van der Waals surface area contributed by atoms with Gasteiger partial charge in [-0.05, 0) is 31.5 Å². The van der Waals surface area contributed by atoms with Crippen LogP contribution in [-0.4, -0.2) is 15.8 Å². The molecule has 1 heterocycles. The first-order valence-corrected chi connectivity index (χ1v) is 6.86. The number of halogens is 3. The third kappa shape index (κ3) is 3.17. The number of benzene rings is 1. The smallest absolute Gasteiger partial charge is 0.420 e. The molecule has 2 aromatic rings. The maximum atomic E-state index is 13.2. The Morgan fingerprint density at radius 3 is 2.62 bits per heavy atom. The van der Waals surface area contributed by atoms with Crippen LogP contribution in [0.3, 0.4) is 0 Å². The first-order valence-electron chi connectivity index (χ1n) is 6.86. The van der Waals surface area contributed by atoms with Crippen molar-refractivity contribution in [2.24, 2.45) is 5.73 Å². The lowest BCUT2D eigenvalue weighted by atomic mass is 10.1. The van der Waals surface area contributed by atoms with Crippen molar-refractivity contribution in [1.82, 2.24) is 9.78 Å². The van der Waals surface area contributed by atoms with Crippen LogP contribution in [0, 0.1) is 18.3 Å². The minimum atomic E-state index is -4.71. The summed E-state index contributed by atoms with van der Waals surface area (Å²) in [6.07, 6.45) is -4.33. The molecule has 0 radical (unpaired) electrons. The Morgan fingerprint density at radius 1 is 1.46 bits per heavy atom. The molecule has 0 unspecified atom stereocenters. The molecule has 0 aliphatic heterocycles. The molecule has 0 saturated heterocycles. The quantitative estimate of drug-likeness (QED) is 0.928. The molecule has 1 aromatic carbocycles. The zero-order chi connectivity index (χ0) is 18.1. The van der Waals surface area contributed by atoms with E-state index in [0.29, 0.717) is 23.7 Å². The Hall–Kier alpha value is -3.02. The SMILES string of the molecule is CCc1c(Oc2ccc(C#N)cc2C(F)(F)F)nn(C(N)=O)c1C. The van der Waals surface area contributed by atoms with Gasteiger partial charge in [-0.1, -0.05) is 6.92 Å². The van der Waals surface area contributed by atoms with Crippen molar-refractivity contribution in [1.29, 1.82) is 5.26 Å². The number of aromatic nitrogens is 2. The average Bonchev–Trinajstić information content (AvgIpc) is 2.82. The maximum Gasteiger partial charge on any atom is 0.420 e. The Labute approximate surface area is 135 Å². The van der Waals surface area contributed by atoms with Gasteiger partial charge in [0.15, 0.2) is 0 Å². The summed E-state index contributed by atoms with van der Waals surface area (Å²) < 4.78 is 45.7. The highest BCUT2D eigenvalue weighted by molar-refractivity contribution is 5.75. The zero-order valence-electron chi connectivity index (χ0n) is 12.8. The maximum absolute atomic E-state index is 13.2. The summed E-state index contributed by atoms with van der Waals surface area (Å²) in [7, 11) is 0. The van der Waals surface area contributed by atoms with Crippen LogP contribution in [0.4, 0.5) is 18.0 Å². The number of amides is 1. The molecule has 0 fully saturated rings. The van der Waals surface area contributed by atoms with Crippen LogP contribution in [0.25, 0.3) is 0 Å². The summed E-state index contributed by atoms with van der Waals surface area (Å²) in [5, 5.41) is 12.6. The Bertz CT molecular complexity index is 834. The van der Waals surface area contributed by atoms with Gasteiger partial charge in [-0.3, -0.25) is 0 Å². The topological polar surface area (TPSA) is 93.9 Å². The molecule has 1 amide bonds. The molecule has 0 bridgehead atoms. The van der Waals surface area contributed by atoms with Gasteiger partial charge in [-0.25, -0.2) is 4.79 Å². The van der Waals surface area contributed by atoms with E-state index in [2.05, 4.69) is 5.10 Å². The van der Waals surface area contributed by atoms with Gasteiger partial charge in [0.1, 0.15) is 5.75 Å². The fourth-order valence-corrected chi connectivity index (χ4v) is 2.23. The molecule has 0 spiro atoms. The second kappa shape index (κ2) is 6.23. The van der Waals surface area contributed by atoms with Crippen LogP contribution >= 0.6 is 0 Å². The number of nitrogens with two attached hydrogens (primary N) is 1. The van der Waals surface area contributed by atoms with Gasteiger partial charge < -0.3 is 10.5 Å². The summed E-state index contributed by atoms with van der Waals surface area (Å²) in [4.78, 5) is 11.3. The lowest BCUT2D eigenvalue weighted by Gasteiger charge is -2.13. The molecule has 2 N–H and O–H groups in total. The van der Waals surface area contributed by atoms with E-state index in [-0.39, 0.29) is 11.4 Å². The number of hydrogen-bond donors (Lipinski definition) is 1. The molecule has 2 rings (SSSR count). The van der Waals surface area contributed by atoms with Crippen LogP contribution in [-0.2, 0) is 12.6 Å². The van der Waals surface area contributed by atoms with E-state index in [9.17, 15) is 18.0 Å². The highest BCUT2D eigenvalue weighted by atomic mass is 19.4. The van der Waals surface area contributed by atoms with Crippen molar-refractivity contribution >= 4 is 6.03 Å². The largest absolute Gasteiger partial charge is 0.437 e. The molecule has 6 nitrogen and oxygen atoms in total. The number of nitriles is 1. The predicted molar refractivity (Wildman–Crippen MR) is 77.6 cm³/mol. The van der Waals surface area contributed by atoms with Crippen LogP contribution in [0.2, 0.25) is 0 Å². The molecular weight excluding hydrogens is 325 g/mol. The highest BCUT2D eigenvalue weighted by Crippen LogP contribution is 2.39. The van der Waals surface area contributed by atoms with Crippen LogP contribution in [0.1, 0.15) is 29.3 Å². The van der Waals surface area contributed by atoms with Gasteiger partial charge in [0.25, 0.3) is 0 Å². The molecule has 24 heavy (non-hydrogen) atoms. The summed E-state index contributed by atoms with van der Waals surface area (Å²) >= 11 is 0. The van der Waals surface area contributed by atoms with Gasteiger partial charge in [-0.15, -0.1) is 5.10 Å². The van der Waals surface area contributed by atoms with Gasteiger partial charge in [0.05, 0.1) is 22.9 Å². The van der Waals surface area contributed by atoms with Crippen molar-refractivity contribution in [3.05, 3.63) is 40.6 Å². The molecule has 1 aromatic heterocycles. The molecule has 0 saturated carbocycles. The van der Waals surface area contributed by atoms with Crippen molar-refractivity contribution in [2.75, 3.05) is 0 Å². The fourth-order valence-electron chi connectivity index (χ4n) is 2.23. The van der Waals surface area contributed by atoms with E-state index >= 15 is 0 Å². The first kappa shape index (κ1) is 17.3. The number of nitrogens with zero attached hydrogens (tertiary/aromatic N) is 3. The number of hydrogen-bond acceptors (Lipinski definition) is 4. The Morgan fingerprint density at radius 2 is 2.12 bits per heavy atom. The molecular formula is C15H13F3N4O2. The highest BCUT2D eigenvalue weighted by Gasteiger charge is 2.35. The molecule has 0 atom stereocenters. The van der Waals surface area contributed by atoms with E-state index in [1.165, 1.54) is 6.07 Å². The van der Waals surface area contributed by atoms with E-state index in [0.717, 1.165) is 10.7 Å². The predicted octanol–water partition coefficient (Wildman–Crippen LogP) is 3.36. The van der Waals surface area contributed by atoms with Crippen molar-refractivity contribution in [3.63, 3.8) is 0 Å². The second-order valence-electron chi connectivity index (χ2n) is 4.90. The summed E-state index contributed by atoms with van der Waals surface area (Å²) in [6, 6.07) is 3.71. The summed E-state index contributed by atoms with van der Waals surface area (Å²) in [6.45, 7) is 3.30. The number of ether oxygens (including phenoxy) is 1. The van der Waals surface area contributed by atoms with E-state index in [1.54, 1.807) is 19.9 Å². The van der Waals surface area contributed by atoms with E-state index in [1.807, 2.05) is 0 Å². The number of primary amides is 1. The van der Waals surface area contributed by atoms with Crippen molar-refractivity contribution in [3.8, 4) is 17.7 Å². The summed E-state index contributed by atoms with van der Waals surface area (Å²) in [5.74, 6) is -0.644.